The highest BCUT2D eigenvalue weighted by molar-refractivity contribution is 7.91. The van der Waals surface area contributed by atoms with E-state index in [1.807, 2.05) is 0 Å². The molecule has 2 N–H and O–H groups in total. The van der Waals surface area contributed by atoms with Crippen LogP contribution in [0.4, 0.5) is 14.5 Å². The van der Waals surface area contributed by atoms with Crippen molar-refractivity contribution in [1.82, 2.24) is 0 Å². The maximum atomic E-state index is 12.4. The zero-order chi connectivity index (χ0) is 14.8. The fourth-order valence-corrected chi connectivity index (χ4v) is 3.16. The van der Waals surface area contributed by atoms with Gasteiger partial charge in [-0.2, -0.15) is 8.78 Å². The molecule has 2 rings (SSSR count). The molecule has 20 heavy (non-hydrogen) atoms. The van der Waals surface area contributed by atoms with E-state index in [-0.39, 0.29) is 4.90 Å². The molecular formula is C13H18F2N2O2S. The Hall–Kier alpha value is -1.21. The van der Waals surface area contributed by atoms with E-state index in [4.69, 9.17) is 5.73 Å². The van der Waals surface area contributed by atoms with Gasteiger partial charge in [0.05, 0.1) is 4.90 Å². The first kappa shape index (κ1) is 15.2. The molecule has 0 aromatic heterocycles. The van der Waals surface area contributed by atoms with E-state index in [1.54, 1.807) is 12.1 Å². The van der Waals surface area contributed by atoms with Gasteiger partial charge < -0.3 is 10.6 Å². The van der Waals surface area contributed by atoms with Crippen molar-refractivity contribution < 1.29 is 17.2 Å². The van der Waals surface area contributed by atoms with E-state index in [0.717, 1.165) is 31.6 Å². The van der Waals surface area contributed by atoms with Crippen LogP contribution in [0.3, 0.4) is 0 Å². The van der Waals surface area contributed by atoms with Crippen LogP contribution in [0.25, 0.3) is 0 Å². The SMILES string of the molecule is NCC1CCCN(c2ccc(S(=O)(=O)C(F)F)cc2)C1. The highest BCUT2D eigenvalue weighted by atomic mass is 32.2. The van der Waals surface area contributed by atoms with Crippen molar-refractivity contribution in [3.8, 4) is 0 Å². The van der Waals surface area contributed by atoms with Crippen LogP contribution in [0.1, 0.15) is 12.8 Å². The van der Waals surface area contributed by atoms with E-state index >= 15 is 0 Å². The largest absolute Gasteiger partial charge is 0.371 e. The number of benzene rings is 1. The van der Waals surface area contributed by atoms with E-state index in [0.29, 0.717) is 12.5 Å². The summed E-state index contributed by atoms with van der Waals surface area (Å²) < 4.78 is 47.6. The van der Waals surface area contributed by atoms with Crippen molar-refractivity contribution in [1.29, 1.82) is 0 Å². The van der Waals surface area contributed by atoms with Gasteiger partial charge in [0.15, 0.2) is 0 Å². The second-order valence-electron chi connectivity index (χ2n) is 4.99. The number of hydrogen-bond acceptors (Lipinski definition) is 4. The third-order valence-corrected chi connectivity index (χ3v) is 5.02. The van der Waals surface area contributed by atoms with Crippen LogP contribution in [0.2, 0.25) is 0 Å². The maximum Gasteiger partial charge on any atom is 0.341 e. The molecule has 4 nitrogen and oxygen atoms in total. The topological polar surface area (TPSA) is 63.4 Å². The Bertz CT molecular complexity index is 546. The quantitative estimate of drug-likeness (QED) is 0.922. The zero-order valence-corrected chi connectivity index (χ0v) is 11.8. The molecule has 1 heterocycles. The van der Waals surface area contributed by atoms with Gasteiger partial charge in [0.25, 0.3) is 0 Å². The first-order valence-corrected chi connectivity index (χ1v) is 8.07. The van der Waals surface area contributed by atoms with Gasteiger partial charge in [-0.05, 0) is 49.6 Å². The zero-order valence-electron chi connectivity index (χ0n) is 11.0. The molecule has 0 aliphatic carbocycles. The average Bonchev–Trinajstić information content (AvgIpc) is 2.47. The van der Waals surface area contributed by atoms with Crippen LogP contribution >= 0.6 is 0 Å². The molecule has 1 aromatic carbocycles. The summed E-state index contributed by atoms with van der Waals surface area (Å²) in [5, 5.41) is 0. The molecule has 0 spiro atoms. The third-order valence-electron chi connectivity index (χ3n) is 3.62. The molecule has 0 bridgehead atoms. The van der Waals surface area contributed by atoms with Crippen LogP contribution in [0, 0.1) is 5.92 Å². The van der Waals surface area contributed by atoms with Gasteiger partial charge in [-0.25, -0.2) is 8.42 Å². The molecule has 1 aliphatic rings. The van der Waals surface area contributed by atoms with Crippen LogP contribution in [-0.2, 0) is 9.84 Å². The van der Waals surface area contributed by atoms with Gasteiger partial charge in [-0.15, -0.1) is 0 Å². The molecule has 0 amide bonds. The highest BCUT2D eigenvalue weighted by Gasteiger charge is 2.26. The third kappa shape index (κ3) is 3.09. The summed E-state index contributed by atoms with van der Waals surface area (Å²) in [5.74, 6) is -2.96. The predicted octanol–water partition coefficient (Wildman–Crippen LogP) is 1.86. The van der Waals surface area contributed by atoms with Crippen molar-refractivity contribution in [3.63, 3.8) is 0 Å². The van der Waals surface area contributed by atoms with Crippen LogP contribution in [0.15, 0.2) is 29.2 Å². The maximum absolute atomic E-state index is 12.4. The number of nitrogens with two attached hydrogens (primary N) is 1. The average molecular weight is 304 g/mol. The number of sulfone groups is 1. The Balaban J connectivity index is 2.16. The number of piperidine rings is 1. The second kappa shape index (κ2) is 6.05. The Morgan fingerprint density at radius 3 is 2.50 bits per heavy atom. The number of anilines is 1. The first-order valence-electron chi connectivity index (χ1n) is 6.52. The number of halogens is 2. The number of nitrogens with zero attached hydrogens (tertiary/aromatic N) is 1. The Morgan fingerprint density at radius 1 is 1.30 bits per heavy atom. The summed E-state index contributed by atoms with van der Waals surface area (Å²) in [4.78, 5) is 1.77. The molecule has 1 fully saturated rings. The Morgan fingerprint density at radius 2 is 1.95 bits per heavy atom. The molecular weight excluding hydrogens is 286 g/mol. The summed E-state index contributed by atoms with van der Waals surface area (Å²) in [6.45, 7) is 2.31. The summed E-state index contributed by atoms with van der Waals surface area (Å²) in [7, 11) is -4.51. The van der Waals surface area contributed by atoms with E-state index < -0.39 is 15.6 Å². The lowest BCUT2D eigenvalue weighted by molar-refractivity contribution is 0.234. The van der Waals surface area contributed by atoms with Gasteiger partial charge >= 0.3 is 5.76 Å². The minimum Gasteiger partial charge on any atom is -0.371 e. The standard InChI is InChI=1S/C13H18F2N2O2S/c14-13(15)20(18,19)12-5-3-11(4-6-12)17-7-1-2-10(8-16)9-17/h3-6,10,13H,1-2,7-9,16H2. The van der Waals surface area contributed by atoms with E-state index in [9.17, 15) is 17.2 Å². The van der Waals surface area contributed by atoms with Crippen LogP contribution in [-0.4, -0.2) is 33.8 Å². The number of rotatable bonds is 4. The lowest BCUT2D eigenvalue weighted by Crippen LogP contribution is -2.38. The molecule has 1 unspecified atom stereocenters. The van der Waals surface area contributed by atoms with Gasteiger partial charge in [-0.3, -0.25) is 0 Å². The Labute approximate surface area is 117 Å². The fraction of sp³-hybridized carbons (Fsp3) is 0.538. The lowest BCUT2D eigenvalue weighted by Gasteiger charge is -2.34. The first-order chi connectivity index (χ1) is 9.45. The highest BCUT2D eigenvalue weighted by Crippen LogP contribution is 2.25. The number of alkyl halides is 2. The summed E-state index contributed by atoms with van der Waals surface area (Å²) in [5.41, 5.74) is 6.51. The minimum absolute atomic E-state index is 0.344. The molecule has 1 atom stereocenters. The molecule has 7 heteroatoms. The minimum atomic E-state index is -4.51. The second-order valence-corrected chi connectivity index (χ2v) is 6.91. The normalized spacial score (nSPS) is 20.4. The van der Waals surface area contributed by atoms with Crippen LogP contribution < -0.4 is 10.6 Å². The van der Waals surface area contributed by atoms with Crippen molar-refractivity contribution in [2.75, 3.05) is 24.5 Å². The van der Waals surface area contributed by atoms with Crippen molar-refractivity contribution in [2.45, 2.75) is 23.5 Å². The predicted molar refractivity (Wildman–Crippen MR) is 73.6 cm³/mol. The number of hydrogen-bond donors (Lipinski definition) is 1. The van der Waals surface area contributed by atoms with Gasteiger partial charge in [0.2, 0.25) is 9.84 Å². The van der Waals surface area contributed by atoms with E-state index in [1.165, 1.54) is 12.1 Å². The van der Waals surface area contributed by atoms with Gasteiger partial charge in [0, 0.05) is 18.8 Å². The Kier molecular flexibility index (Phi) is 4.59. The van der Waals surface area contributed by atoms with Crippen molar-refractivity contribution in [3.05, 3.63) is 24.3 Å². The molecule has 0 radical (unpaired) electrons. The lowest BCUT2D eigenvalue weighted by atomic mass is 9.98. The van der Waals surface area contributed by atoms with Crippen LogP contribution in [0.5, 0.6) is 0 Å². The van der Waals surface area contributed by atoms with Crippen molar-refractivity contribution in [2.24, 2.45) is 11.7 Å². The smallest absolute Gasteiger partial charge is 0.341 e. The molecule has 1 aliphatic heterocycles. The summed E-state index contributed by atoms with van der Waals surface area (Å²) in [6.07, 6.45) is 2.11. The van der Waals surface area contributed by atoms with Gasteiger partial charge in [0.1, 0.15) is 0 Å². The van der Waals surface area contributed by atoms with Crippen molar-refractivity contribution >= 4 is 15.5 Å². The molecule has 0 saturated carbocycles. The molecule has 1 aromatic rings. The molecule has 112 valence electrons. The summed E-state index contributed by atoms with van der Waals surface area (Å²) >= 11 is 0. The fourth-order valence-electron chi connectivity index (χ4n) is 2.44. The monoisotopic (exact) mass is 304 g/mol. The summed E-state index contributed by atoms with van der Waals surface area (Å²) in [6, 6.07) is 5.63. The van der Waals surface area contributed by atoms with Gasteiger partial charge in [-0.1, -0.05) is 0 Å². The van der Waals surface area contributed by atoms with E-state index in [2.05, 4.69) is 4.90 Å². The molecule has 1 saturated heterocycles.